The Morgan fingerprint density at radius 2 is 2.29 bits per heavy atom. The highest BCUT2D eigenvalue weighted by atomic mass is 16.3. The molecule has 1 saturated carbocycles. The van der Waals surface area contributed by atoms with Gasteiger partial charge in [0.2, 0.25) is 0 Å². The second kappa shape index (κ2) is 3.45. The fraction of sp³-hybridized carbons (Fsp3) is 0.643. The number of rotatable bonds is 0. The van der Waals surface area contributed by atoms with Crippen molar-refractivity contribution in [1.82, 2.24) is 10.2 Å². The van der Waals surface area contributed by atoms with Gasteiger partial charge in [0, 0.05) is 11.3 Å². The zero-order chi connectivity index (χ0) is 12.2. The molecule has 1 aromatic rings. The molecule has 17 heavy (non-hydrogen) atoms. The highest BCUT2D eigenvalue weighted by Crippen LogP contribution is 2.50. The number of aromatic amines is 1. The van der Waals surface area contributed by atoms with Gasteiger partial charge in [0.15, 0.2) is 0 Å². The summed E-state index contributed by atoms with van der Waals surface area (Å²) >= 11 is 0. The minimum atomic E-state index is -0.161. The number of nitrogens with zero attached hydrogens (tertiary/aromatic N) is 1. The third kappa shape index (κ3) is 1.41. The Morgan fingerprint density at radius 1 is 1.53 bits per heavy atom. The van der Waals surface area contributed by atoms with E-state index < -0.39 is 0 Å². The molecule has 1 aromatic heterocycles. The highest BCUT2D eigenvalue weighted by Gasteiger charge is 2.44. The Kier molecular flexibility index (Phi) is 2.24. The standard InChI is InChI=1S/C14H20N2O/c1-8-13(17)5-4-10-6-12-11(7-14(8,10)3)9(2)15-16-12/h6,8,13,17H,4-5,7H2,1-3H3,(H,15,16). The van der Waals surface area contributed by atoms with E-state index in [9.17, 15) is 5.11 Å². The van der Waals surface area contributed by atoms with Crippen LogP contribution in [0.15, 0.2) is 5.57 Å². The van der Waals surface area contributed by atoms with Crippen molar-refractivity contribution in [3.63, 3.8) is 0 Å². The molecule has 2 aliphatic carbocycles. The third-order valence-corrected chi connectivity index (χ3v) is 4.99. The smallest absolute Gasteiger partial charge is 0.0883 e. The van der Waals surface area contributed by atoms with E-state index >= 15 is 0 Å². The van der Waals surface area contributed by atoms with E-state index in [1.807, 2.05) is 0 Å². The summed E-state index contributed by atoms with van der Waals surface area (Å²) in [6.45, 7) is 6.55. The third-order valence-electron chi connectivity index (χ3n) is 4.99. The fourth-order valence-corrected chi connectivity index (χ4v) is 3.41. The van der Waals surface area contributed by atoms with E-state index in [4.69, 9.17) is 0 Å². The summed E-state index contributed by atoms with van der Waals surface area (Å²) in [5.41, 5.74) is 5.19. The first kappa shape index (κ1) is 11.0. The quantitative estimate of drug-likeness (QED) is 0.722. The van der Waals surface area contributed by atoms with Gasteiger partial charge in [-0.2, -0.15) is 5.10 Å². The predicted molar refractivity (Wildman–Crippen MR) is 67.5 cm³/mol. The number of fused-ring (bicyclic) bond motifs is 2. The van der Waals surface area contributed by atoms with E-state index in [-0.39, 0.29) is 11.5 Å². The largest absolute Gasteiger partial charge is 0.393 e. The normalized spacial score (nSPS) is 36.1. The number of nitrogens with one attached hydrogen (secondary N) is 1. The van der Waals surface area contributed by atoms with Crippen LogP contribution in [0.4, 0.5) is 0 Å². The molecule has 1 heterocycles. The van der Waals surface area contributed by atoms with Crippen LogP contribution in [0.2, 0.25) is 0 Å². The lowest BCUT2D eigenvalue weighted by atomic mass is 9.59. The number of aliphatic hydroxyl groups excluding tert-OH is 1. The molecule has 0 aliphatic heterocycles. The van der Waals surface area contributed by atoms with E-state index in [0.717, 1.165) is 25.0 Å². The van der Waals surface area contributed by atoms with Gasteiger partial charge in [0.05, 0.1) is 11.8 Å². The number of aromatic nitrogens is 2. The van der Waals surface area contributed by atoms with Gasteiger partial charge in [-0.15, -0.1) is 0 Å². The number of H-pyrrole nitrogens is 1. The maximum atomic E-state index is 10.1. The Hall–Kier alpha value is -1.09. The molecule has 0 aromatic carbocycles. The van der Waals surface area contributed by atoms with Crippen molar-refractivity contribution in [1.29, 1.82) is 0 Å². The maximum absolute atomic E-state index is 10.1. The van der Waals surface area contributed by atoms with Crippen molar-refractivity contribution in [2.45, 2.75) is 46.1 Å². The van der Waals surface area contributed by atoms with E-state index in [1.54, 1.807) is 0 Å². The second-order valence-electron chi connectivity index (χ2n) is 5.87. The Labute approximate surface area is 102 Å². The topological polar surface area (TPSA) is 48.9 Å². The number of aliphatic hydroxyl groups is 1. The van der Waals surface area contributed by atoms with Gasteiger partial charge in [-0.05, 0) is 43.6 Å². The molecule has 0 saturated heterocycles. The van der Waals surface area contributed by atoms with Crippen LogP contribution in [-0.2, 0) is 6.42 Å². The highest BCUT2D eigenvalue weighted by molar-refractivity contribution is 5.60. The molecule has 1 fully saturated rings. The van der Waals surface area contributed by atoms with Crippen LogP contribution in [0, 0.1) is 18.3 Å². The molecule has 3 unspecified atom stereocenters. The van der Waals surface area contributed by atoms with Gasteiger partial charge >= 0.3 is 0 Å². The second-order valence-corrected chi connectivity index (χ2v) is 5.87. The lowest BCUT2D eigenvalue weighted by Crippen LogP contribution is -2.42. The lowest BCUT2D eigenvalue weighted by Gasteiger charge is -2.46. The van der Waals surface area contributed by atoms with Gasteiger partial charge < -0.3 is 5.11 Å². The van der Waals surface area contributed by atoms with Crippen molar-refractivity contribution in [3.8, 4) is 0 Å². The van der Waals surface area contributed by atoms with E-state index in [2.05, 4.69) is 37.0 Å². The van der Waals surface area contributed by atoms with Crippen LogP contribution < -0.4 is 0 Å². The molecule has 3 atom stereocenters. The van der Waals surface area contributed by atoms with Gasteiger partial charge in [-0.25, -0.2) is 0 Å². The van der Waals surface area contributed by atoms with Gasteiger partial charge in [0.25, 0.3) is 0 Å². The van der Waals surface area contributed by atoms with Crippen LogP contribution in [0.1, 0.15) is 43.6 Å². The summed E-state index contributed by atoms with van der Waals surface area (Å²) in [5.74, 6) is 0.324. The number of allylic oxidation sites excluding steroid dienone is 1. The van der Waals surface area contributed by atoms with Gasteiger partial charge in [-0.1, -0.05) is 19.4 Å². The van der Waals surface area contributed by atoms with Crippen LogP contribution >= 0.6 is 0 Å². The van der Waals surface area contributed by atoms with Gasteiger partial charge in [-0.3, -0.25) is 5.10 Å². The monoisotopic (exact) mass is 232 g/mol. The molecular formula is C14H20N2O. The molecule has 3 heteroatoms. The van der Waals surface area contributed by atoms with Crippen LogP contribution in [0.5, 0.6) is 0 Å². The molecule has 0 bridgehead atoms. The van der Waals surface area contributed by atoms with Crippen molar-refractivity contribution < 1.29 is 5.11 Å². The van der Waals surface area contributed by atoms with Crippen LogP contribution in [-0.4, -0.2) is 21.4 Å². The average Bonchev–Trinajstić information content (AvgIpc) is 2.64. The minimum absolute atomic E-state index is 0.110. The maximum Gasteiger partial charge on any atom is 0.0883 e. The van der Waals surface area contributed by atoms with Crippen LogP contribution in [0.3, 0.4) is 0 Å². The SMILES string of the molecule is Cc1[nH]nc2c1CC1(C)C(=C2)CCC(O)C1C. The predicted octanol–water partition coefficient (Wildman–Crippen LogP) is 2.45. The first-order valence-corrected chi connectivity index (χ1v) is 6.45. The average molecular weight is 232 g/mol. The molecule has 0 spiro atoms. The summed E-state index contributed by atoms with van der Waals surface area (Å²) in [7, 11) is 0. The summed E-state index contributed by atoms with van der Waals surface area (Å²) in [6.07, 6.45) is 4.99. The molecule has 2 aliphatic rings. The van der Waals surface area contributed by atoms with Gasteiger partial charge in [0.1, 0.15) is 0 Å². The first-order valence-electron chi connectivity index (χ1n) is 6.45. The lowest BCUT2D eigenvalue weighted by molar-refractivity contribution is 0.0244. The van der Waals surface area contributed by atoms with E-state index in [0.29, 0.717) is 5.92 Å². The summed E-state index contributed by atoms with van der Waals surface area (Å²) in [4.78, 5) is 0. The summed E-state index contributed by atoms with van der Waals surface area (Å²) < 4.78 is 0. The number of hydrogen-bond donors (Lipinski definition) is 2. The first-order chi connectivity index (χ1) is 8.02. The molecule has 0 amide bonds. The molecule has 2 N–H and O–H groups in total. The molecular weight excluding hydrogens is 212 g/mol. The zero-order valence-electron chi connectivity index (χ0n) is 10.7. The summed E-state index contributed by atoms with van der Waals surface area (Å²) in [6, 6.07) is 0. The number of hydrogen-bond acceptors (Lipinski definition) is 2. The fourth-order valence-electron chi connectivity index (χ4n) is 3.41. The molecule has 3 rings (SSSR count). The molecule has 0 radical (unpaired) electrons. The summed E-state index contributed by atoms with van der Waals surface area (Å²) in [5, 5.41) is 17.5. The number of aryl methyl sites for hydroxylation is 1. The van der Waals surface area contributed by atoms with Crippen molar-refractivity contribution >= 4 is 6.08 Å². The minimum Gasteiger partial charge on any atom is -0.393 e. The Balaban J connectivity index is 2.10. The van der Waals surface area contributed by atoms with E-state index in [1.165, 1.54) is 16.8 Å². The molecule has 92 valence electrons. The Morgan fingerprint density at radius 3 is 3.06 bits per heavy atom. The van der Waals surface area contributed by atoms with Crippen molar-refractivity contribution in [3.05, 3.63) is 22.5 Å². The Bertz CT molecular complexity index is 488. The molecule has 3 nitrogen and oxygen atoms in total. The van der Waals surface area contributed by atoms with Crippen LogP contribution in [0.25, 0.3) is 6.08 Å². The van der Waals surface area contributed by atoms with Crippen molar-refractivity contribution in [2.75, 3.05) is 0 Å². The zero-order valence-corrected chi connectivity index (χ0v) is 10.7. The van der Waals surface area contributed by atoms with Crippen molar-refractivity contribution in [2.24, 2.45) is 11.3 Å².